The van der Waals surface area contributed by atoms with Crippen LogP contribution < -0.4 is 10.6 Å². The fraction of sp³-hybridized carbons (Fsp3) is 0.368. The van der Waals surface area contributed by atoms with Gasteiger partial charge in [0.1, 0.15) is 12.3 Å². The first kappa shape index (κ1) is 23.4. The third-order valence-corrected chi connectivity index (χ3v) is 5.65. The highest BCUT2D eigenvalue weighted by Gasteiger charge is 2.26. The fourth-order valence-corrected chi connectivity index (χ4v) is 3.87. The van der Waals surface area contributed by atoms with Gasteiger partial charge in [-0.1, -0.05) is 45.2 Å². The Labute approximate surface area is 196 Å². The summed E-state index contributed by atoms with van der Waals surface area (Å²) in [4.78, 5) is 38.8. The average molecular weight is 533 g/mol. The van der Waals surface area contributed by atoms with Crippen LogP contribution in [0.4, 0.5) is 10.5 Å². The van der Waals surface area contributed by atoms with E-state index in [2.05, 4.69) is 36.8 Å². The Morgan fingerprint density at radius 3 is 2.52 bits per heavy atom. The number of likely N-dealkylation sites (tertiary alicyclic amines) is 1. The number of halogens is 3. The first-order valence-electron chi connectivity index (χ1n) is 9.48. The molecular weight excluding hydrogens is 513 g/mol. The van der Waals surface area contributed by atoms with Gasteiger partial charge in [0.15, 0.2) is 0 Å². The molecule has 31 heavy (non-hydrogen) atoms. The number of ether oxygens (including phenoxy) is 1. The minimum Gasteiger partial charge on any atom is -0.449 e. The van der Waals surface area contributed by atoms with E-state index in [1.165, 1.54) is 6.20 Å². The van der Waals surface area contributed by atoms with Gasteiger partial charge >= 0.3 is 6.09 Å². The first-order chi connectivity index (χ1) is 14.9. The molecule has 0 aliphatic carbocycles. The number of hydrogen-bond donors (Lipinski definition) is 3. The van der Waals surface area contributed by atoms with Gasteiger partial charge in [-0.05, 0) is 25.0 Å². The summed E-state index contributed by atoms with van der Waals surface area (Å²) < 4.78 is 5.09. The molecule has 3 N–H and O–H groups in total. The predicted molar refractivity (Wildman–Crippen MR) is 120 cm³/mol. The van der Waals surface area contributed by atoms with Crippen molar-refractivity contribution >= 4 is 62.7 Å². The zero-order valence-corrected chi connectivity index (χ0v) is 19.4. The summed E-state index contributed by atoms with van der Waals surface area (Å²) in [6.45, 7) is 1.26. The van der Waals surface area contributed by atoms with Crippen LogP contribution in [0, 0.1) is 0 Å². The largest absolute Gasteiger partial charge is 0.449 e. The Hall–Kier alpha value is -2.30. The molecule has 1 aromatic heterocycles. The molecule has 0 saturated carbocycles. The quantitative estimate of drug-likeness (QED) is 0.490. The van der Waals surface area contributed by atoms with Crippen molar-refractivity contribution in [2.75, 3.05) is 30.3 Å². The van der Waals surface area contributed by atoms with Gasteiger partial charge in [-0.3, -0.25) is 14.7 Å². The standard InChI is InChI=1S/C19H20BrCl2N5O4/c20-6-9-31-19(30)27-7-4-11(5-8-27)24-18(29)16-14(10-23-26-16)25-17(28)15-12(21)2-1-3-13(15)22/h1-3,10-11H,4-9H2,(H,23,26)(H,24,29)(H,25,28). The number of H-pyrrole nitrogens is 1. The van der Waals surface area contributed by atoms with E-state index in [0.29, 0.717) is 37.9 Å². The maximum Gasteiger partial charge on any atom is 0.409 e. The summed E-state index contributed by atoms with van der Waals surface area (Å²) >= 11 is 15.3. The third kappa shape index (κ3) is 5.90. The average Bonchev–Trinajstić information content (AvgIpc) is 3.20. The molecule has 12 heteroatoms. The molecule has 0 spiro atoms. The lowest BCUT2D eigenvalue weighted by Gasteiger charge is -2.31. The molecule has 9 nitrogen and oxygen atoms in total. The fourth-order valence-electron chi connectivity index (χ4n) is 3.13. The highest BCUT2D eigenvalue weighted by molar-refractivity contribution is 9.09. The number of aromatic nitrogens is 2. The number of amides is 3. The van der Waals surface area contributed by atoms with Crippen molar-refractivity contribution in [2.45, 2.75) is 18.9 Å². The number of carbonyl (C=O) groups excluding carboxylic acids is 3. The SMILES string of the molecule is O=C(NC1CCN(C(=O)OCCBr)CC1)c1[nH]ncc1NC(=O)c1c(Cl)cccc1Cl. The summed E-state index contributed by atoms with van der Waals surface area (Å²) in [5.41, 5.74) is 0.419. The van der Waals surface area contributed by atoms with Crippen LogP contribution in [0.3, 0.4) is 0 Å². The second-order valence-electron chi connectivity index (χ2n) is 6.75. The third-order valence-electron chi connectivity index (χ3n) is 4.70. The smallest absolute Gasteiger partial charge is 0.409 e. The Bertz CT molecular complexity index is 942. The van der Waals surface area contributed by atoms with E-state index in [4.69, 9.17) is 27.9 Å². The molecule has 166 valence electrons. The van der Waals surface area contributed by atoms with Gasteiger partial charge in [0.25, 0.3) is 11.8 Å². The van der Waals surface area contributed by atoms with E-state index >= 15 is 0 Å². The lowest BCUT2D eigenvalue weighted by molar-refractivity contribution is 0.0860. The lowest BCUT2D eigenvalue weighted by atomic mass is 10.1. The molecule has 1 aliphatic rings. The maximum atomic E-state index is 12.7. The number of piperidine rings is 1. The highest BCUT2D eigenvalue weighted by atomic mass is 79.9. The molecule has 2 aromatic rings. The molecule has 0 atom stereocenters. The van der Waals surface area contributed by atoms with Gasteiger partial charge in [0.2, 0.25) is 0 Å². The first-order valence-corrected chi connectivity index (χ1v) is 11.4. The molecule has 2 heterocycles. The van der Waals surface area contributed by atoms with Crippen molar-refractivity contribution in [3.63, 3.8) is 0 Å². The van der Waals surface area contributed by atoms with Crippen LogP contribution >= 0.6 is 39.1 Å². The molecule has 3 amide bonds. The van der Waals surface area contributed by atoms with Crippen molar-refractivity contribution in [1.29, 1.82) is 0 Å². The number of nitrogens with zero attached hydrogens (tertiary/aromatic N) is 2. The molecule has 1 fully saturated rings. The zero-order valence-electron chi connectivity index (χ0n) is 16.3. The van der Waals surface area contributed by atoms with Gasteiger partial charge in [0, 0.05) is 24.5 Å². The van der Waals surface area contributed by atoms with Crippen LogP contribution in [0.1, 0.15) is 33.7 Å². The maximum absolute atomic E-state index is 12.7. The summed E-state index contributed by atoms with van der Waals surface area (Å²) in [5, 5.41) is 12.9. The molecule has 3 rings (SSSR count). The number of alkyl halides is 1. The highest BCUT2D eigenvalue weighted by Crippen LogP contribution is 2.26. The number of carbonyl (C=O) groups is 3. The summed E-state index contributed by atoms with van der Waals surface area (Å²) in [6, 6.07) is 4.60. The Kier molecular flexibility index (Phi) is 8.16. The number of benzene rings is 1. The second kappa shape index (κ2) is 10.8. The van der Waals surface area contributed by atoms with E-state index in [1.807, 2.05) is 0 Å². The number of nitrogens with one attached hydrogen (secondary N) is 3. The van der Waals surface area contributed by atoms with Gasteiger partial charge in [0.05, 0.1) is 27.5 Å². The Morgan fingerprint density at radius 2 is 1.87 bits per heavy atom. The van der Waals surface area contributed by atoms with Crippen molar-refractivity contribution in [1.82, 2.24) is 20.4 Å². The number of hydrogen-bond acceptors (Lipinski definition) is 5. The summed E-state index contributed by atoms with van der Waals surface area (Å²) in [7, 11) is 0. The number of rotatable bonds is 6. The van der Waals surface area contributed by atoms with Crippen LogP contribution in [0.25, 0.3) is 0 Å². The summed E-state index contributed by atoms with van der Waals surface area (Å²) in [6.07, 6.45) is 2.14. The lowest BCUT2D eigenvalue weighted by Crippen LogP contribution is -2.47. The topological polar surface area (TPSA) is 116 Å². The van der Waals surface area contributed by atoms with E-state index in [1.54, 1.807) is 23.1 Å². The minimum atomic E-state index is -0.554. The van der Waals surface area contributed by atoms with E-state index < -0.39 is 11.8 Å². The van der Waals surface area contributed by atoms with Crippen LogP contribution in [0.15, 0.2) is 24.4 Å². The van der Waals surface area contributed by atoms with E-state index in [-0.39, 0.29) is 39.1 Å². The summed E-state index contributed by atoms with van der Waals surface area (Å²) in [5.74, 6) is -0.972. The van der Waals surface area contributed by atoms with E-state index in [0.717, 1.165) is 0 Å². The van der Waals surface area contributed by atoms with Crippen molar-refractivity contribution in [3.05, 3.63) is 45.7 Å². The van der Waals surface area contributed by atoms with Crippen molar-refractivity contribution in [2.24, 2.45) is 0 Å². The van der Waals surface area contributed by atoms with Gasteiger partial charge < -0.3 is 20.3 Å². The minimum absolute atomic E-state index is 0.107. The van der Waals surface area contributed by atoms with Gasteiger partial charge in [-0.2, -0.15) is 5.10 Å². The molecular formula is C19H20BrCl2N5O4. The number of anilines is 1. The monoisotopic (exact) mass is 531 g/mol. The normalized spacial score (nSPS) is 14.2. The molecule has 1 saturated heterocycles. The van der Waals surface area contributed by atoms with Crippen molar-refractivity contribution in [3.8, 4) is 0 Å². The Morgan fingerprint density at radius 1 is 1.19 bits per heavy atom. The molecule has 0 radical (unpaired) electrons. The number of aromatic amines is 1. The van der Waals surface area contributed by atoms with Crippen LogP contribution in [-0.2, 0) is 4.74 Å². The van der Waals surface area contributed by atoms with Crippen molar-refractivity contribution < 1.29 is 19.1 Å². The van der Waals surface area contributed by atoms with Crippen LogP contribution in [0.2, 0.25) is 10.0 Å². The predicted octanol–water partition coefficient (Wildman–Crippen LogP) is 3.69. The molecule has 1 aliphatic heterocycles. The molecule has 0 bridgehead atoms. The van der Waals surface area contributed by atoms with Gasteiger partial charge in [-0.15, -0.1) is 0 Å². The van der Waals surface area contributed by atoms with Gasteiger partial charge in [-0.25, -0.2) is 4.79 Å². The Balaban J connectivity index is 1.58. The van der Waals surface area contributed by atoms with E-state index in [9.17, 15) is 14.4 Å². The molecule has 1 aromatic carbocycles. The van der Waals surface area contributed by atoms with Crippen LogP contribution in [-0.4, -0.2) is 64.1 Å². The van der Waals surface area contributed by atoms with Crippen LogP contribution in [0.5, 0.6) is 0 Å². The zero-order chi connectivity index (χ0) is 22.4. The molecule has 0 unspecified atom stereocenters. The second-order valence-corrected chi connectivity index (χ2v) is 8.35.